The third-order valence-electron chi connectivity index (χ3n) is 4.91. The van der Waals surface area contributed by atoms with E-state index in [1.807, 2.05) is 6.92 Å². The van der Waals surface area contributed by atoms with Crippen molar-refractivity contribution in [3.63, 3.8) is 0 Å². The Hall–Kier alpha value is -0.280. The van der Waals surface area contributed by atoms with Crippen molar-refractivity contribution in [2.75, 3.05) is 0 Å². The fourth-order valence-corrected chi connectivity index (χ4v) is 5.50. The zero-order valence-corrected chi connectivity index (χ0v) is 12.4. The van der Waals surface area contributed by atoms with E-state index < -0.39 is 0 Å². The van der Waals surface area contributed by atoms with E-state index in [0.717, 1.165) is 28.4 Å². The highest BCUT2D eigenvalue weighted by atomic mass is 35.5. The van der Waals surface area contributed by atoms with Gasteiger partial charge in [-0.15, -0.1) is 12.4 Å². The number of hydrogen-bond donors (Lipinski definition) is 0. The van der Waals surface area contributed by atoms with Crippen LogP contribution in [0.4, 0.5) is 0 Å². The van der Waals surface area contributed by atoms with Crippen LogP contribution < -0.4 is 4.87 Å². The molecular formula is C14H20ClNOS. The summed E-state index contributed by atoms with van der Waals surface area (Å²) >= 11 is 1.67. The summed E-state index contributed by atoms with van der Waals surface area (Å²) < 4.78 is 5.67. The lowest BCUT2D eigenvalue weighted by atomic mass is 9.53. The van der Waals surface area contributed by atoms with Gasteiger partial charge in [-0.3, -0.25) is 0 Å². The number of halogens is 1. The van der Waals surface area contributed by atoms with Gasteiger partial charge in [0.25, 0.3) is 4.87 Å². The van der Waals surface area contributed by atoms with Crippen molar-refractivity contribution in [3.05, 3.63) is 16.0 Å². The molecule has 4 bridgehead atoms. The van der Waals surface area contributed by atoms with Gasteiger partial charge < -0.3 is 4.42 Å². The molecule has 0 amide bonds. The largest absolute Gasteiger partial charge is 0.435 e. The van der Waals surface area contributed by atoms with Crippen LogP contribution in [-0.2, 0) is 0 Å². The van der Waals surface area contributed by atoms with Crippen LogP contribution in [0.15, 0.2) is 14.8 Å². The lowest BCUT2D eigenvalue weighted by molar-refractivity contribution is -0.00118. The van der Waals surface area contributed by atoms with Crippen LogP contribution in [0.1, 0.15) is 44.3 Å². The molecule has 4 aliphatic carbocycles. The summed E-state index contributed by atoms with van der Waals surface area (Å²) in [4.78, 5) is 5.93. The van der Waals surface area contributed by atoms with Crippen molar-refractivity contribution in [1.29, 1.82) is 0 Å². The van der Waals surface area contributed by atoms with Crippen molar-refractivity contribution in [2.45, 2.75) is 51.0 Å². The molecule has 0 radical (unpaired) electrons. The molecule has 0 aliphatic heterocycles. The normalized spacial score (nSPS) is 42.1. The Morgan fingerprint density at radius 2 is 1.72 bits per heavy atom. The van der Waals surface area contributed by atoms with E-state index in [2.05, 4.69) is 5.38 Å². The van der Waals surface area contributed by atoms with Gasteiger partial charge in [-0.25, -0.2) is 4.99 Å². The van der Waals surface area contributed by atoms with E-state index >= 15 is 0 Å². The average molecular weight is 286 g/mol. The molecule has 2 nitrogen and oxygen atoms in total. The average Bonchev–Trinajstić information content (AvgIpc) is 2.60. The monoisotopic (exact) mass is 285 g/mol. The van der Waals surface area contributed by atoms with E-state index in [1.165, 1.54) is 38.5 Å². The molecule has 0 unspecified atom stereocenters. The SMILES string of the molecule is Cc1csc(=NC23CC4CC(CC(C4)C2)C3)o1.Cl. The number of hydrogen-bond acceptors (Lipinski definition) is 3. The molecule has 0 saturated heterocycles. The third-order valence-corrected chi connectivity index (χ3v) is 5.73. The number of nitrogens with zero attached hydrogens (tertiary/aromatic N) is 1. The standard InChI is InChI=1S/C14H19NOS.ClH/c1-9-8-17-13(16-9)15-14-5-10-2-11(6-14)4-12(3-10)7-14;/h8,10-12H,2-7H2,1H3;1H. The van der Waals surface area contributed by atoms with Gasteiger partial charge in [-0.1, -0.05) is 11.3 Å². The van der Waals surface area contributed by atoms with Gasteiger partial charge in [-0.05, 0) is 63.2 Å². The highest BCUT2D eigenvalue weighted by Crippen LogP contribution is 2.57. The molecular weight excluding hydrogens is 266 g/mol. The van der Waals surface area contributed by atoms with E-state index in [9.17, 15) is 0 Å². The molecule has 5 rings (SSSR count). The second-order valence-corrected chi connectivity index (χ2v) is 7.29. The molecule has 1 aromatic rings. The maximum Gasteiger partial charge on any atom is 0.274 e. The molecule has 0 N–H and O–H groups in total. The van der Waals surface area contributed by atoms with Crippen LogP contribution in [0.5, 0.6) is 0 Å². The molecule has 4 aliphatic rings. The first-order chi connectivity index (χ1) is 8.21. The van der Waals surface area contributed by atoms with Crippen LogP contribution in [0.25, 0.3) is 0 Å². The first-order valence-corrected chi connectivity index (χ1v) is 7.70. The fraction of sp³-hybridized carbons (Fsp3) is 0.786. The lowest BCUT2D eigenvalue weighted by Gasteiger charge is -2.54. The minimum Gasteiger partial charge on any atom is -0.435 e. The molecule has 100 valence electrons. The van der Waals surface area contributed by atoms with E-state index in [1.54, 1.807) is 11.3 Å². The van der Waals surface area contributed by atoms with Crippen molar-refractivity contribution < 1.29 is 4.42 Å². The van der Waals surface area contributed by atoms with Crippen LogP contribution >= 0.6 is 23.7 Å². The van der Waals surface area contributed by atoms with Gasteiger partial charge in [0.15, 0.2) is 0 Å². The topological polar surface area (TPSA) is 25.5 Å². The quantitative estimate of drug-likeness (QED) is 0.767. The van der Waals surface area contributed by atoms with Crippen molar-refractivity contribution in [3.8, 4) is 0 Å². The predicted molar refractivity (Wildman–Crippen MR) is 75.0 cm³/mol. The minimum absolute atomic E-state index is 0. The second-order valence-electron chi connectivity index (χ2n) is 6.47. The van der Waals surface area contributed by atoms with Gasteiger partial charge in [0.1, 0.15) is 5.76 Å². The zero-order valence-electron chi connectivity index (χ0n) is 10.7. The first kappa shape index (κ1) is 12.7. The molecule has 0 atom stereocenters. The van der Waals surface area contributed by atoms with Gasteiger partial charge >= 0.3 is 0 Å². The second kappa shape index (κ2) is 4.38. The van der Waals surface area contributed by atoms with Crippen molar-refractivity contribution >= 4 is 23.7 Å². The summed E-state index contributed by atoms with van der Waals surface area (Å²) in [7, 11) is 0. The van der Waals surface area contributed by atoms with Crippen molar-refractivity contribution in [2.24, 2.45) is 22.7 Å². The Bertz CT molecular complexity index is 469. The Morgan fingerprint density at radius 1 is 1.17 bits per heavy atom. The van der Waals surface area contributed by atoms with Crippen LogP contribution in [0.3, 0.4) is 0 Å². The minimum atomic E-state index is 0. The zero-order chi connectivity index (χ0) is 11.5. The number of rotatable bonds is 1. The molecule has 4 heteroatoms. The van der Waals surface area contributed by atoms with E-state index in [4.69, 9.17) is 9.41 Å². The van der Waals surface area contributed by atoms with Gasteiger partial charge in [0.2, 0.25) is 0 Å². The molecule has 0 spiro atoms. The smallest absolute Gasteiger partial charge is 0.274 e. The summed E-state index contributed by atoms with van der Waals surface area (Å²) in [6.07, 6.45) is 8.42. The predicted octanol–water partition coefficient (Wildman–Crippen LogP) is 3.94. The molecule has 1 heterocycles. The molecule has 4 saturated carbocycles. The molecule has 0 aromatic carbocycles. The summed E-state index contributed by atoms with van der Waals surface area (Å²) in [5, 5.41) is 2.07. The lowest BCUT2D eigenvalue weighted by Crippen LogP contribution is -2.50. The van der Waals surface area contributed by atoms with Gasteiger partial charge in [0.05, 0.1) is 5.54 Å². The molecule has 1 aromatic heterocycles. The highest BCUT2D eigenvalue weighted by molar-refractivity contribution is 7.06. The van der Waals surface area contributed by atoms with E-state index in [0.29, 0.717) is 0 Å². The third kappa shape index (κ3) is 2.05. The summed E-state index contributed by atoms with van der Waals surface area (Å²) in [5.41, 5.74) is 0.259. The Morgan fingerprint density at radius 3 is 2.17 bits per heavy atom. The summed E-state index contributed by atoms with van der Waals surface area (Å²) in [6.45, 7) is 2.01. The maximum atomic E-state index is 5.67. The Labute approximate surface area is 118 Å². The van der Waals surface area contributed by atoms with Gasteiger partial charge in [-0.2, -0.15) is 0 Å². The molecule has 4 fully saturated rings. The van der Waals surface area contributed by atoms with Gasteiger partial charge in [0, 0.05) is 5.38 Å². The fourth-order valence-electron chi connectivity index (χ4n) is 4.76. The Balaban J connectivity index is 0.000001000. The van der Waals surface area contributed by atoms with E-state index in [-0.39, 0.29) is 17.9 Å². The Kier molecular flexibility index (Phi) is 3.10. The highest BCUT2D eigenvalue weighted by Gasteiger charge is 2.51. The van der Waals surface area contributed by atoms with Crippen LogP contribution in [0, 0.1) is 24.7 Å². The van der Waals surface area contributed by atoms with Crippen LogP contribution in [-0.4, -0.2) is 5.54 Å². The molecule has 18 heavy (non-hydrogen) atoms. The van der Waals surface area contributed by atoms with Crippen LogP contribution in [0.2, 0.25) is 0 Å². The van der Waals surface area contributed by atoms with Crippen molar-refractivity contribution in [1.82, 2.24) is 0 Å². The summed E-state index contributed by atoms with van der Waals surface area (Å²) in [5.74, 6) is 3.89. The first-order valence-electron chi connectivity index (χ1n) is 6.82. The maximum absolute atomic E-state index is 5.67. The number of aryl methyl sites for hydroxylation is 1. The summed E-state index contributed by atoms with van der Waals surface area (Å²) in [6, 6.07) is 0.